The number of esters is 1. The molecule has 0 atom stereocenters. The number of nitrogens with one attached hydrogen (secondary N) is 1. The number of hydrogen-bond donors (Lipinski definition) is 1. The Morgan fingerprint density at radius 2 is 1.76 bits per heavy atom. The van der Waals surface area contributed by atoms with Gasteiger partial charge in [-0.2, -0.15) is 0 Å². The molecular formula is C25H22Cl2N2O4. The van der Waals surface area contributed by atoms with Crippen LogP contribution < -0.4 is 14.8 Å². The minimum absolute atomic E-state index is 0.174. The van der Waals surface area contributed by atoms with Gasteiger partial charge < -0.3 is 14.8 Å². The van der Waals surface area contributed by atoms with Gasteiger partial charge in [0, 0.05) is 24.6 Å². The van der Waals surface area contributed by atoms with E-state index in [1.165, 1.54) is 6.92 Å². The van der Waals surface area contributed by atoms with E-state index in [-0.39, 0.29) is 18.3 Å². The van der Waals surface area contributed by atoms with Crippen molar-refractivity contribution in [2.24, 2.45) is 0 Å². The predicted molar refractivity (Wildman–Crippen MR) is 131 cm³/mol. The van der Waals surface area contributed by atoms with E-state index in [0.29, 0.717) is 40.4 Å². The first-order valence-electron chi connectivity index (χ1n) is 10.2. The monoisotopic (exact) mass is 484 g/mol. The summed E-state index contributed by atoms with van der Waals surface area (Å²) in [5.74, 6) is 0.971. The Hall–Kier alpha value is -3.35. The van der Waals surface area contributed by atoms with E-state index >= 15 is 0 Å². The van der Waals surface area contributed by atoms with Crippen LogP contribution >= 0.6 is 23.2 Å². The molecule has 0 radical (unpaired) electrons. The fourth-order valence-corrected chi connectivity index (χ4v) is 3.28. The second kappa shape index (κ2) is 12.0. The highest BCUT2D eigenvalue weighted by Crippen LogP contribution is 2.27. The minimum atomic E-state index is -0.341. The lowest BCUT2D eigenvalue weighted by Gasteiger charge is -2.08. The van der Waals surface area contributed by atoms with E-state index < -0.39 is 0 Å². The molecule has 1 heterocycles. The van der Waals surface area contributed by atoms with Gasteiger partial charge in [0.1, 0.15) is 17.3 Å². The molecule has 0 spiro atoms. The molecule has 33 heavy (non-hydrogen) atoms. The number of benzene rings is 2. The van der Waals surface area contributed by atoms with Gasteiger partial charge in [-0.05, 0) is 60.0 Å². The van der Waals surface area contributed by atoms with Crippen LogP contribution in [0.2, 0.25) is 10.0 Å². The molecule has 1 N–H and O–H groups in total. The van der Waals surface area contributed by atoms with Crippen LogP contribution in [0, 0.1) is 0 Å². The lowest BCUT2D eigenvalue weighted by molar-refractivity contribution is -0.134. The van der Waals surface area contributed by atoms with Crippen LogP contribution in [0.5, 0.6) is 11.5 Å². The summed E-state index contributed by atoms with van der Waals surface area (Å²) >= 11 is 11.9. The Kier molecular flexibility index (Phi) is 8.87. The SMILES string of the molecule is CC(=O)Nc1cc(/C=C/c2ccc(OC(=O)CCCOc3ccc(Cl)cc3Cl)cc2)ccn1. The number of aromatic nitrogens is 1. The summed E-state index contributed by atoms with van der Waals surface area (Å²) < 4.78 is 10.9. The number of ether oxygens (including phenoxy) is 2. The van der Waals surface area contributed by atoms with Crippen molar-refractivity contribution in [3.05, 3.63) is 82.0 Å². The van der Waals surface area contributed by atoms with Gasteiger partial charge in [0.15, 0.2) is 0 Å². The number of amides is 1. The molecular weight excluding hydrogens is 463 g/mol. The molecule has 6 nitrogen and oxygen atoms in total. The molecule has 3 rings (SSSR count). The molecule has 0 fully saturated rings. The quantitative estimate of drug-likeness (QED) is 0.219. The maximum absolute atomic E-state index is 12.1. The van der Waals surface area contributed by atoms with Crippen molar-refractivity contribution in [2.75, 3.05) is 11.9 Å². The van der Waals surface area contributed by atoms with Gasteiger partial charge in [0.2, 0.25) is 5.91 Å². The van der Waals surface area contributed by atoms with E-state index in [4.69, 9.17) is 32.7 Å². The molecule has 0 bridgehead atoms. The van der Waals surface area contributed by atoms with Crippen molar-refractivity contribution in [3.63, 3.8) is 0 Å². The minimum Gasteiger partial charge on any atom is -0.492 e. The van der Waals surface area contributed by atoms with E-state index in [0.717, 1.165) is 11.1 Å². The van der Waals surface area contributed by atoms with E-state index in [2.05, 4.69) is 10.3 Å². The number of anilines is 1. The normalized spacial score (nSPS) is 10.8. The number of halogens is 2. The molecule has 0 saturated carbocycles. The topological polar surface area (TPSA) is 77.5 Å². The van der Waals surface area contributed by atoms with Crippen LogP contribution in [-0.2, 0) is 9.59 Å². The predicted octanol–water partition coefficient (Wildman–Crippen LogP) is 6.28. The molecule has 3 aromatic rings. The lowest BCUT2D eigenvalue weighted by Crippen LogP contribution is -2.10. The van der Waals surface area contributed by atoms with Gasteiger partial charge in [-0.1, -0.05) is 47.5 Å². The number of nitrogens with zero attached hydrogens (tertiary/aromatic N) is 1. The van der Waals surface area contributed by atoms with Crippen LogP contribution in [0.15, 0.2) is 60.8 Å². The van der Waals surface area contributed by atoms with Crippen LogP contribution in [0.25, 0.3) is 12.2 Å². The molecule has 0 aliphatic heterocycles. The molecule has 1 amide bonds. The maximum Gasteiger partial charge on any atom is 0.311 e. The summed E-state index contributed by atoms with van der Waals surface area (Å²) in [6.45, 7) is 1.77. The fraction of sp³-hybridized carbons (Fsp3) is 0.160. The Labute approximate surface area is 202 Å². The van der Waals surface area contributed by atoms with Crippen LogP contribution in [-0.4, -0.2) is 23.5 Å². The zero-order chi connectivity index (χ0) is 23.6. The Bertz CT molecular complexity index is 1150. The highest BCUT2D eigenvalue weighted by Gasteiger charge is 2.07. The van der Waals surface area contributed by atoms with Gasteiger partial charge in [0.25, 0.3) is 0 Å². The summed E-state index contributed by atoms with van der Waals surface area (Å²) in [6, 6.07) is 15.8. The van der Waals surface area contributed by atoms with Crippen LogP contribution in [0.3, 0.4) is 0 Å². The number of carbonyl (C=O) groups is 2. The standard InChI is InChI=1S/C25H22Cl2N2O4/c1-17(30)29-24-15-19(12-13-28-24)5-4-18-6-9-21(10-7-18)33-25(31)3-2-14-32-23-11-8-20(26)16-22(23)27/h4-13,15-16H,2-3,14H2,1H3,(H,28,29,30)/b5-4+. The second-order valence-corrected chi connectivity index (χ2v) is 7.90. The number of hydrogen-bond acceptors (Lipinski definition) is 5. The van der Waals surface area contributed by atoms with Crippen molar-refractivity contribution in [3.8, 4) is 11.5 Å². The van der Waals surface area contributed by atoms with E-state index in [9.17, 15) is 9.59 Å². The zero-order valence-electron chi connectivity index (χ0n) is 17.9. The van der Waals surface area contributed by atoms with Gasteiger partial charge in [-0.3, -0.25) is 9.59 Å². The van der Waals surface area contributed by atoms with Crippen LogP contribution in [0.4, 0.5) is 5.82 Å². The Morgan fingerprint density at radius 3 is 2.48 bits per heavy atom. The third-order valence-electron chi connectivity index (χ3n) is 4.34. The molecule has 8 heteroatoms. The van der Waals surface area contributed by atoms with Crippen molar-refractivity contribution < 1.29 is 19.1 Å². The summed E-state index contributed by atoms with van der Waals surface area (Å²) in [4.78, 5) is 27.3. The van der Waals surface area contributed by atoms with Gasteiger partial charge >= 0.3 is 5.97 Å². The molecule has 0 saturated heterocycles. The Morgan fingerprint density at radius 1 is 1.00 bits per heavy atom. The number of rotatable bonds is 9. The first-order chi connectivity index (χ1) is 15.9. The smallest absolute Gasteiger partial charge is 0.311 e. The number of carbonyl (C=O) groups excluding carboxylic acids is 2. The molecule has 0 unspecified atom stereocenters. The highest BCUT2D eigenvalue weighted by atomic mass is 35.5. The van der Waals surface area contributed by atoms with Crippen molar-refractivity contribution in [1.82, 2.24) is 4.98 Å². The fourth-order valence-electron chi connectivity index (χ4n) is 2.81. The third-order valence-corrected chi connectivity index (χ3v) is 4.88. The maximum atomic E-state index is 12.1. The Balaban J connectivity index is 1.44. The summed E-state index contributed by atoms with van der Waals surface area (Å²) in [7, 11) is 0. The average Bonchev–Trinajstić information content (AvgIpc) is 2.77. The molecule has 170 valence electrons. The van der Waals surface area contributed by atoms with Crippen molar-refractivity contribution in [2.45, 2.75) is 19.8 Å². The summed E-state index contributed by atoms with van der Waals surface area (Å²) in [6.07, 6.45) is 6.15. The zero-order valence-corrected chi connectivity index (χ0v) is 19.4. The second-order valence-electron chi connectivity index (χ2n) is 7.06. The molecule has 1 aromatic heterocycles. The van der Waals surface area contributed by atoms with Crippen molar-refractivity contribution in [1.29, 1.82) is 0 Å². The van der Waals surface area contributed by atoms with Crippen LogP contribution in [0.1, 0.15) is 30.9 Å². The average molecular weight is 485 g/mol. The summed E-state index contributed by atoms with van der Waals surface area (Å²) in [5, 5.41) is 3.61. The van der Waals surface area contributed by atoms with Crippen molar-refractivity contribution >= 4 is 53.0 Å². The molecule has 0 aliphatic rings. The first kappa shape index (κ1) is 24.3. The highest BCUT2D eigenvalue weighted by molar-refractivity contribution is 6.35. The summed E-state index contributed by atoms with van der Waals surface area (Å²) in [5.41, 5.74) is 1.83. The third kappa shape index (κ3) is 8.25. The lowest BCUT2D eigenvalue weighted by atomic mass is 10.1. The van der Waals surface area contributed by atoms with E-state index in [1.807, 2.05) is 30.4 Å². The largest absolute Gasteiger partial charge is 0.492 e. The van der Waals surface area contributed by atoms with Gasteiger partial charge in [-0.25, -0.2) is 4.98 Å². The van der Waals surface area contributed by atoms with E-state index in [1.54, 1.807) is 42.6 Å². The molecule has 2 aromatic carbocycles. The van der Waals surface area contributed by atoms with Gasteiger partial charge in [-0.15, -0.1) is 0 Å². The molecule has 0 aliphatic carbocycles. The number of pyridine rings is 1. The first-order valence-corrected chi connectivity index (χ1v) is 10.9. The van der Waals surface area contributed by atoms with Gasteiger partial charge in [0.05, 0.1) is 11.6 Å².